The van der Waals surface area contributed by atoms with E-state index in [0.717, 1.165) is 5.56 Å². The van der Waals surface area contributed by atoms with Crippen LogP contribution in [0.5, 0.6) is 0 Å². The first kappa shape index (κ1) is 16.5. The van der Waals surface area contributed by atoms with Crippen molar-refractivity contribution in [2.75, 3.05) is 0 Å². The normalized spacial score (nSPS) is 13.9. The number of rotatable bonds is 6. The number of aliphatic hydroxyl groups excluding tert-OH is 1. The van der Waals surface area contributed by atoms with Gasteiger partial charge in [0.05, 0.1) is 12.1 Å². The van der Waals surface area contributed by atoms with Gasteiger partial charge in [-0.25, -0.2) is 4.79 Å². The number of amides is 2. The highest BCUT2D eigenvalue weighted by atomic mass is 16.3. The summed E-state index contributed by atoms with van der Waals surface area (Å²) < 4.78 is 0. The van der Waals surface area contributed by atoms with Crippen molar-refractivity contribution in [2.24, 2.45) is 0 Å². The van der Waals surface area contributed by atoms with Crippen LogP contribution in [0.2, 0.25) is 0 Å². The van der Waals surface area contributed by atoms with Crippen LogP contribution in [0, 0.1) is 0 Å². The molecule has 4 heteroatoms. The Morgan fingerprint density at radius 3 is 2.55 bits per heavy atom. The van der Waals surface area contributed by atoms with Crippen LogP contribution in [0.1, 0.15) is 51.2 Å². The van der Waals surface area contributed by atoms with Crippen LogP contribution in [0.3, 0.4) is 0 Å². The second-order valence-corrected chi connectivity index (χ2v) is 5.48. The molecule has 1 aromatic carbocycles. The van der Waals surface area contributed by atoms with E-state index >= 15 is 0 Å². The first-order valence-corrected chi connectivity index (χ1v) is 7.25. The van der Waals surface area contributed by atoms with Crippen LogP contribution in [-0.4, -0.2) is 23.3 Å². The van der Waals surface area contributed by atoms with Crippen molar-refractivity contribution in [3.63, 3.8) is 0 Å². The molecule has 1 aromatic rings. The van der Waals surface area contributed by atoms with Gasteiger partial charge in [-0.15, -0.1) is 0 Å². The molecule has 20 heavy (non-hydrogen) atoms. The molecule has 0 spiro atoms. The lowest BCUT2D eigenvalue weighted by atomic mass is 10.0. The number of carbonyl (C=O) groups excluding carboxylic acids is 1. The van der Waals surface area contributed by atoms with Gasteiger partial charge in [0, 0.05) is 6.54 Å². The fourth-order valence-corrected chi connectivity index (χ4v) is 2.03. The van der Waals surface area contributed by atoms with Crippen molar-refractivity contribution in [1.29, 1.82) is 0 Å². The third-order valence-electron chi connectivity index (χ3n) is 3.41. The van der Waals surface area contributed by atoms with Gasteiger partial charge in [0.2, 0.25) is 0 Å². The second kappa shape index (κ2) is 7.90. The van der Waals surface area contributed by atoms with E-state index in [1.165, 1.54) is 5.56 Å². The predicted molar refractivity (Wildman–Crippen MR) is 81.7 cm³/mol. The molecule has 0 heterocycles. The van der Waals surface area contributed by atoms with E-state index < -0.39 is 6.10 Å². The maximum atomic E-state index is 11.8. The van der Waals surface area contributed by atoms with Crippen LogP contribution in [-0.2, 0) is 6.54 Å². The van der Waals surface area contributed by atoms with Gasteiger partial charge >= 0.3 is 6.03 Å². The zero-order valence-electron chi connectivity index (χ0n) is 12.8. The maximum absolute atomic E-state index is 11.8. The maximum Gasteiger partial charge on any atom is 0.315 e. The highest BCUT2D eigenvalue weighted by Gasteiger charge is 2.14. The summed E-state index contributed by atoms with van der Waals surface area (Å²) in [7, 11) is 0. The minimum absolute atomic E-state index is 0.211. The average molecular weight is 278 g/mol. The largest absolute Gasteiger partial charge is 0.391 e. The van der Waals surface area contributed by atoms with E-state index in [2.05, 4.69) is 36.6 Å². The van der Waals surface area contributed by atoms with Crippen molar-refractivity contribution >= 4 is 6.03 Å². The van der Waals surface area contributed by atoms with Crippen molar-refractivity contribution in [2.45, 2.75) is 58.7 Å². The van der Waals surface area contributed by atoms with Gasteiger partial charge in [-0.05, 0) is 30.4 Å². The fourth-order valence-electron chi connectivity index (χ4n) is 2.03. The number of carbonyl (C=O) groups is 1. The molecule has 1 rings (SSSR count). The Morgan fingerprint density at radius 1 is 1.30 bits per heavy atom. The Bertz CT molecular complexity index is 430. The van der Waals surface area contributed by atoms with E-state index in [0.29, 0.717) is 18.9 Å². The summed E-state index contributed by atoms with van der Waals surface area (Å²) in [4.78, 5) is 11.8. The molecule has 2 atom stereocenters. The summed E-state index contributed by atoms with van der Waals surface area (Å²) in [6.45, 7) is 8.40. The van der Waals surface area contributed by atoms with Gasteiger partial charge in [0.25, 0.3) is 0 Å². The molecule has 2 amide bonds. The third-order valence-corrected chi connectivity index (χ3v) is 3.41. The van der Waals surface area contributed by atoms with Crippen molar-refractivity contribution in [1.82, 2.24) is 10.6 Å². The molecule has 3 N–H and O–H groups in total. The lowest BCUT2D eigenvalue weighted by Crippen LogP contribution is -2.46. The van der Waals surface area contributed by atoms with E-state index in [1.54, 1.807) is 6.92 Å². The van der Waals surface area contributed by atoms with E-state index in [4.69, 9.17) is 0 Å². The molecule has 0 bridgehead atoms. The Balaban J connectivity index is 2.50. The molecule has 4 nitrogen and oxygen atoms in total. The average Bonchev–Trinajstić information content (AvgIpc) is 2.42. The predicted octanol–water partition coefficient (Wildman–Crippen LogP) is 2.77. The Hall–Kier alpha value is -1.55. The summed E-state index contributed by atoms with van der Waals surface area (Å²) in [5, 5.41) is 15.1. The molecule has 112 valence electrons. The van der Waals surface area contributed by atoms with Gasteiger partial charge in [0.1, 0.15) is 0 Å². The monoisotopic (exact) mass is 278 g/mol. The van der Waals surface area contributed by atoms with E-state index in [9.17, 15) is 9.90 Å². The molecule has 0 aliphatic carbocycles. The molecular weight excluding hydrogens is 252 g/mol. The summed E-state index contributed by atoms with van der Waals surface area (Å²) in [5.74, 6) is 0.475. The zero-order valence-corrected chi connectivity index (χ0v) is 12.8. The van der Waals surface area contributed by atoms with Gasteiger partial charge < -0.3 is 15.7 Å². The van der Waals surface area contributed by atoms with Crippen LogP contribution in [0.15, 0.2) is 24.3 Å². The molecule has 0 aromatic heterocycles. The third kappa shape index (κ3) is 5.21. The van der Waals surface area contributed by atoms with Gasteiger partial charge in [-0.2, -0.15) is 0 Å². The van der Waals surface area contributed by atoms with Crippen molar-refractivity contribution in [3.05, 3.63) is 35.4 Å². The number of urea groups is 1. The number of hydrogen-bond acceptors (Lipinski definition) is 2. The smallest absolute Gasteiger partial charge is 0.315 e. The topological polar surface area (TPSA) is 61.4 Å². The van der Waals surface area contributed by atoms with Crippen LogP contribution in [0.25, 0.3) is 0 Å². The lowest BCUT2D eigenvalue weighted by Gasteiger charge is -2.20. The van der Waals surface area contributed by atoms with Crippen LogP contribution >= 0.6 is 0 Å². The molecule has 0 saturated heterocycles. The first-order valence-electron chi connectivity index (χ1n) is 7.25. The molecule has 0 aliphatic rings. The van der Waals surface area contributed by atoms with Gasteiger partial charge in [0.15, 0.2) is 0 Å². The van der Waals surface area contributed by atoms with Gasteiger partial charge in [-0.3, -0.25) is 0 Å². The number of nitrogens with one attached hydrogen (secondary N) is 2. The molecule has 0 unspecified atom stereocenters. The zero-order chi connectivity index (χ0) is 15.1. The van der Waals surface area contributed by atoms with Crippen LogP contribution in [0.4, 0.5) is 4.79 Å². The standard InChI is InChI=1S/C16H26N2O2/c1-5-15(12(4)19)18-16(20)17-10-13-7-6-8-14(9-13)11(2)3/h6-9,11-12,15,19H,5,10H2,1-4H3,(H2,17,18,20)/t12-,15-/m0/s1. The highest BCUT2D eigenvalue weighted by Crippen LogP contribution is 2.15. The molecular formula is C16H26N2O2. The van der Waals surface area contributed by atoms with E-state index in [1.807, 2.05) is 19.1 Å². The summed E-state index contributed by atoms with van der Waals surface area (Å²) in [6.07, 6.45) is 0.156. The highest BCUT2D eigenvalue weighted by molar-refractivity contribution is 5.74. The van der Waals surface area contributed by atoms with Gasteiger partial charge in [-0.1, -0.05) is 45.0 Å². The quantitative estimate of drug-likeness (QED) is 0.749. The minimum atomic E-state index is -0.546. The van der Waals surface area contributed by atoms with Crippen molar-refractivity contribution in [3.8, 4) is 0 Å². The summed E-state index contributed by atoms with van der Waals surface area (Å²) in [5.41, 5.74) is 2.34. The SMILES string of the molecule is CC[C@H](NC(=O)NCc1cccc(C(C)C)c1)[C@H](C)O. The summed E-state index contributed by atoms with van der Waals surface area (Å²) in [6, 6.07) is 7.75. The second-order valence-electron chi connectivity index (χ2n) is 5.48. The number of aliphatic hydroxyl groups is 1. The Morgan fingerprint density at radius 2 is 2.00 bits per heavy atom. The van der Waals surface area contributed by atoms with Crippen molar-refractivity contribution < 1.29 is 9.90 Å². The Kier molecular flexibility index (Phi) is 6.52. The lowest BCUT2D eigenvalue weighted by molar-refractivity contribution is 0.143. The first-order chi connectivity index (χ1) is 9.43. The van der Waals surface area contributed by atoms with Crippen LogP contribution < -0.4 is 10.6 Å². The van der Waals surface area contributed by atoms with E-state index in [-0.39, 0.29) is 12.1 Å². The molecule has 0 aliphatic heterocycles. The number of benzene rings is 1. The molecule has 0 fully saturated rings. The Labute approximate surface area is 121 Å². The summed E-state index contributed by atoms with van der Waals surface area (Å²) >= 11 is 0. The molecule has 0 radical (unpaired) electrons. The number of hydrogen-bond donors (Lipinski definition) is 3. The fraction of sp³-hybridized carbons (Fsp3) is 0.562. The minimum Gasteiger partial charge on any atom is -0.391 e. The molecule has 0 saturated carbocycles.